The Morgan fingerprint density at radius 2 is 1.58 bits per heavy atom. The van der Waals surface area contributed by atoms with Crippen LogP contribution in [0.15, 0.2) is 41.4 Å². The van der Waals surface area contributed by atoms with Crippen LogP contribution >= 0.6 is 0 Å². The molecule has 0 saturated carbocycles. The fourth-order valence-corrected chi connectivity index (χ4v) is 4.51. The summed E-state index contributed by atoms with van der Waals surface area (Å²) in [6.45, 7) is 12.7. The molecule has 2 amide bonds. The number of nitrogens with two attached hydrogens (primary N) is 1. The first-order chi connectivity index (χ1) is 14.5. The van der Waals surface area contributed by atoms with Crippen LogP contribution in [0.5, 0.6) is 0 Å². The van der Waals surface area contributed by atoms with Gasteiger partial charge in [-0.15, -0.1) is 0 Å². The first-order valence-electron chi connectivity index (χ1n) is 10.7. The zero-order valence-electron chi connectivity index (χ0n) is 19.3. The number of urea groups is 1. The number of carbonyl (C=O) groups excluding carboxylic acids is 1. The molecule has 2 heterocycles. The van der Waals surface area contributed by atoms with Crippen LogP contribution < -0.4 is 21.3 Å². The molecule has 1 aliphatic heterocycles. The summed E-state index contributed by atoms with van der Waals surface area (Å²) < 4.78 is 0. The van der Waals surface area contributed by atoms with Crippen LogP contribution in [-0.4, -0.2) is 39.1 Å². The number of aromatic nitrogens is 2. The Kier molecular flexibility index (Phi) is 6.59. The number of carbonyl (C=O) groups is 1. The van der Waals surface area contributed by atoms with Gasteiger partial charge in [-0.3, -0.25) is 10.6 Å². The fraction of sp³-hybridized carbons (Fsp3) is 0.478. The van der Waals surface area contributed by atoms with Gasteiger partial charge in [0.1, 0.15) is 0 Å². The van der Waals surface area contributed by atoms with Gasteiger partial charge >= 0.3 is 6.03 Å². The van der Waals surface area contributed by atoms with Gasteiger partial charge in [0.2, 0.25) is 11.9 Å². The van der Waals surface area contributed by atoms with Crippen LogP contribution in [-0.2, 0) is 0 Å². The first-order valence-corrected chi connectivity index (χ1v) is 10.7. The minimum atomic E-state index is -0.372. The molecule has 1 aromatic carbocycles. The Morgan fingerprint density at radius 1 is 1.00 bits per heavy atom. The van der Waals surface area contributed by atoms with E-state index in [1.54, 1.807) is 0 Å². The third kappa shape index (κ3) is 7.03. The van der Waals surface area contributed by atoms with E-state index in [2.05, 4.69) is 58.9 Å². The van der Waals surface area contributed by atoms with Crippen LogP contribution in [0.2, 0.25) is 0 Å². The van der Waals surface area contributed by atoms with Crippen molar-refractivity contribution in [2.45, 2.75) is 71.5 Å². The van der Waals surface area contributed by atoms with Crippen molar-refractivity contribution in [3.8, 4) is 0 Å². The molecule has 3 rings (SSSR count). The lowest BCUT2D eigenvalue weighted by atomic mass is 9.80. The number of benzene rings is 1. The molecule has 0 spiro atoms. The summed E-state index contributed by atoms with van der Waals surface area (Å²) >= 11 is 0. The Morgan fingerprint density at radius 3 is 2.16 bits per heavy atom. The van der Waals surface area contributed by atoms with E-state index in [0.29, 0.717) is 17.6 Å². The van der Waals surface area contributed by atoms with Crippen LogP contribution in [0.25, 0.3) is 0 Å². The highest BCUT2D eigenvalue weighted by Gasteiger charge is 2.41. The third-order valence-corrected chi connectivity index (χ3v) is 5.09. The number of nitrogens with zero attached hydrogens (tertiary/aromatic N) is 3. The molecule has 1 aromatic heterocycles. The zero-order valence-corrected chi connectivity index (χ0v) is 19.3. The standard InChI is InChI=1S/C23H33N7O/c1-15-12-16(2)25-19(24-15)28-20(29-21(31)27-17-10-8-7-9-11-17)26-18-13-22(3,4)30-23(5,6)14-18/h7-12,18,30H,13-14H2,1-6H3,(H3,24,25,26,27,28,29,31)/p+1. The number of aryl methyl sites for hydroxylation is 2. The van der Waals surface area contributed by atoms with Gasteiger partial charge in [0.05, 0.1) is 17.1 Å². The number of anilines is 2. The molecule has 0 aliphatic carbocycles. The lowest BCUT2D eigenvalue weighted by Gasteiger charge is -2.41. The predicted molar refractivity (Wildman–Crippen MR) is 124 cm³/mol. The highest BCUT2D eigenvalue weighted by Crippen LogP contribution is 2.24. The molecule has 1 saturated heterocycles. The Balaban J connectivity index is 1.84. The lowest BCUT2D eigenvalue weighted by molar-refractivity contribution is -0.787. The molecule has 8 heteroatoms. The quantitative estimate of drug-likeness (QED) is 0.449. The van der Waals surface area contributed by atoms with Crippen molar-refractivity contribution in [1.82, 2.24) is 15.3 Å². The molecule has 0 unspecified atom stereocenters. The smallest absolute Gasteiger partial charge is 0.326 e. The van der Waals surface area contributed by atoms with Gasteiger partial charge < -0.3 is 10.6 Å². The Labute approximate surface area is 184 Å². The molecule has 0 bridgehead atoms. The third-order valence-electron chi connectivity index (χ3n) is 5.09. The topological polar surface area (TPSA) is 108 Å². The van der Waals surface area contributed by atoms with Crippen molar-refractivity contribution in [2.75, 3.05) is 10.6 Å². The van der Waals surface area contributed by atoms with Crippen molar-refractivity contribution in [3.63, 3.8) is 0 Å². The normalized spacial score (nSPS) is 18.3. The summed E-state index contributed by atoms with van der Waals surface area (Å²) in [4.78, 5) is 26.4. The highest BCUT2D eigenvalue weighted by atomic mass is 16.2. The van der Waals surface area contributed by atoms with Gasteiger partial charge in [-0.05, 0) is 59.7 Å². The lowest BCUT2D eigenvalue weighted by Crippen LogP contribution is -3.05. The molecule has 5 N–H and O–H groups in total. The molecular weight excluding hydrogens is 390 g/mol. The summed E-state index contributed by atoms with van der Waals surface area (Å²) in [5, 5.41) is 11.2. The highest BCUT2D eigenvalue weighted by molar-refractivity contribution is 6.07. The van der Waals surface area contributed by atoms with E-state index in [1.807, 2.05) is 50.2 Å². The predicted octanol–water partition coefficient (Wildman–Crippen LogP) is 2.97. The van der Waals surface area contributed by atoms with Gasteiger partial charge in [-0.1, -0.05) is 18.2 Å². The SMILES string of the molecule is Cc1cc(C)nc(NC(=NC2CC(C)(C)[NH2+]C(C)(C)C2)NC(=O)Nc2ccccc2)n1. The second-order valence-corrected chi connectivity index (χ2v) is 9.71. The van der Waals surface area contributed by atoms with E-state index in [-0.39, 0.29) is 23.2 Å². The summed E-state index contributed by atoms with van der Waals surface area (Å²) in [6, 6.07) is 10.9. The Hall–Kier alpha value is -3.00. The van der Waals surface area contributed by atoms with E-state index in [4.69, 9.17) is 4.99 Å². The van der Waals surface area contributed by atoms with Crippen molar-refractivity contribution < 1.29 is 10.1 Å². The molecule has 0 atom stereocenters. The number of hydrogen-bond acceptors (Lipinski definition) is 4. The summed E-state index contributed by atoms with van der Waals surface area (Å²) in [5.41, 5.74) is 2.51. The molecule has 8 nitrogen and oxygen atoms in total. The molecular formula is C23H34N7O+. The van der Waals surface area contributed by atoms with E-state index in [1.165, 1.54) is 0 Å². The first kappa shape index (κ1) is 22.7. The minimum absolute atomic E-state index is 0.0560. The van der Waals surface area contributed by atoms with Gasteiger partial charge in [0.25, 0.3) is 0 Å². The maximum absolute atomic E-state index is 12.7. The van der Waals surface area contributed by atoms with E-state index < -0.39 is 0 Å². The average Bonchev–Trinajstić information content (AvgIpc) is 2.58. The number of guanidine groups is 1. The van der Waals surface area contributed by atoms with Crippen molar-refractivity contribution in [2.24, 2.45) is 4.99 Å². The van der Waals surface area contributed by atoms with Crippen molar-refractivity contribution in [1.29, 1.82) is 0 Å². The van der Waals surface area contributed by atoms with Gasteiger partial charge in [-0.25, -0.2) is 19.8 Å². The summed E-state index contributed by atoms with van der Waals surface area (Å²) in [6.07, 6.45) is 1.80. The van der Waals surface area contributed by atoms with Crippen molar-refractivity contribution >= 4 is 23.6 Å². The number of hydrogen-bond donors (Lipinski definition) is 4. The van der Waals surface area contributed by atoms with Crippen LogP contribution in [0.3, 0.4) is 0 Å². The fourth-order valence-electron chi connectivity index (χ4n) is 4.51. The number of nitrogens with one attached hydrogen (secondary N) is 3. The van der Waals surface area contributed by atoms with Gasteiger partial charge in [0.15, 0.2) is 0 Å². The minimum Gasteiger partial charge on any atom is -0.337 e. The number of rotatable bonds is 3. The second kappa shape index (κ2) is 9.01. The monoisotopic (exact) mass is 424 g/mol. The average molecular weight is 425 g/mol. The van der Waals surface area contributed by atoms with Gasteiger partial charge in [0, 0.05) is 29.9 Å². The Bertz CT molecular complexity index is 917. The van der Waals surface area contributed by atoms with Crippen LogP contribution in [0.4, 0.5) is 16.4 Å². The maximum Gasteiger partial charge on any atom is 0.326 e. The molecule has 1 aliphatic rings. The molecule has 0 radical (unpaired) electrons. The van der Waals surface area contributed by atoms with Gasteiger partial charge in [-0.2, -0.15) is 0 Å². The number of quaternary nitrogens is 1. The number of piperidine rings is 1. The zero-order chi connectivity index (χ0) is 22.6. The van der Waals surface area contributed by atoms with E-state index >= 15 is 0 Å². The summed E-state index contributed by atoms with van der Waals surface area (Å²) in [7, 11) is 0. The number of aliphatic imine (C=N–C) groups is 1. The van der Waals surface area contributed by atoms with E-state index in [9.17, 15) is 4.79 Å². The molecule has 31 heavy (non-hydrogen) atoms. The van der Waals surface area contributed by atoms with E-state index in [0.717, 1.165) is 24.2 Å². The maximum atomic E-state index is 12.7. The summed E-state index contributed by atoms with van der Waals surface area (Å²) in [5.74, 6) is 0.758. The van der Waals surface area contributed by atoms with Crippen LogP contribution in [0.1, 0.15) is 51.9 Å². The molecule has 2 aromatic rings. The molecule has 1 fully saturated rings. The number of amides is 2. The molecule has 166 valence electrons. The van der Waals surface area contributed by atoms with Crippen molar-refractivity contribution in [3.05, 3.63) is 47.8 Å². The number of para-hydroxylation sites is 1. The largest absolute Gasteiger partial charge is 0.337 e. The second-order valence-electron chi connectivity index (χ2n) is 9.71. The van der Waals surface area contributed by atoms with Crippen LogP contribution in [0, 0.1) is 13.8 Å².